The maximum atomic E-state index is 13.0. The van der Waals surface area contributed by atoms with E-state index < -0.39 is 22.1 Å². The molecule has 2 saturated heterocycles. The molecule has 9 heteroatoms. The van der Waals surface area contributed by atoms with E-state index in [1.165, 1.54) is 40.3 Å². The Hall–Kier alpha value is -2.00. The molecular weight excluding hydrogens is 356 g/mol. The second-order valence-corrected chi connectivity index (χ2v) is 9.26. The molecule has 1 aromatic rings. The third-order valence-corrected chi connectivity index (χ3v) is 7.42. The van der Waals surface area contributed by atoms with Gasteiger partial charge in [-0.15, -0.1) is 0 Å². The summed E-state index contributed by atoms with van der Waals surface area (Å²) in [4.78, 5) is 26.7. The van der Waals surface area contributed by atoms with Crippen molar-refractivity contribution in [1.29, 1.82) is 0 Å². The average Bonchev–Trinajstić information content (AvgIpc) is 3.23. The number of nitrogen functional groups attached to an aromatic ring is 1. The Morgan fingerprint density at radius 2 is 2.08 bits per heavy atom. The van der Waals surface area contributed by atoms with Crippen LogP contribution >= 0.6 is 0 Å². The van der Waals surface area contributed by atoms with Gasteiger partial charge in [0.15, 0.2) is 12.0 Å². The van der Waals surface area contributed by atoms with Crippen LogP contribution in [0, 0.1) is 5.92 Å². The molecule has 2 aliphatic heterocycles. The number of sulfonamides is 1. The maximum absolute atomic E-state index is 13.0. The first kappa shape index (κ1) is 17.4. The number of fused-ring (bicyclic) bond motifs is 1. The van der Waals surface area contributed by atoms with Gasteiger partial charge in [0.05, 0.1) is 12.6 Å². The van der Waals surface area contributed by atoms with Crippen LogP contribution in [0.1, 0.15) is 32.1 Å². The molecule has 0 aromatic carbocycles. The van der Waals surface area contributed by atoms with Gasteiger partial charge in [-0.2, -0.15) is 4.31 Å². The number of hydrogen-bond donors (Lipinski definition) is 1. The fraction of sp³-hybridized carbons (Fsp3) is 0.588. The minimum atomic E-state index is -3.84. The number of ketones is 1. The minimum Gasteiger partial charge on any atom is -0.331 e. The molecule has 0 bridgehead atoms. The van der Waals surface area contributed by atoms with Crippen molar-refractivity contribution in [1.82, 2.24) is 9.21 Å². The van der Waals surface area contributed by atoms with Crippen molar-refractivity contribution in [2.75, 3.05) is 18.9 Å². The summed E-state index contributed by atoms with van der Waals surface area (Å²) in [6.45, 7) is 0.242. The second kappa shape index (κ2) is 6.31. The summed E-state index contributed by atoms with van der Waals surface area (Å²) in [5.74, 6) is 6.04. The average molecular weight is 379 g/mol. The molecule has 1 saturated carbocycles. The number of Topliss-reactive ketones (excluding diaryl/α,β-unsaturated/α-hetero) is 1. The number of aromatic nitrogens is 1. The first-order valence-corrected chi connectivity index (χ1v) is 10.4. The van der Waals surface area contributed by atoms with Crippen LogP contribution in [0.2, 0.25) is 0 Å². The van der Waals surface area contributed by atoms with Crippen LogP contribution in [0.4, 0.5) is 0 Å². The molecule has 1 aliphatic carbocycles. The summed E-state index contributed by atoms with van der Waals surface area (Å²) in [7, 11) is -3.84. The quantitative estimate of drug-likeness (QED) is 0.544. The Bertz CT molecular complexity index is 852. The molecular formula is C17H23N4O4S+. The Morgan fingerprint density at radius 1 is 1.31 bits per heavy atom. The molecule has 1 aromatic heterocycles. The number of nitrogens with two attached hydrogens (primary N) is 1. The Morgan fingerprint density at radius 3 is 2.77 bits per heavy atom. The molecule has 0 radical (unpaired) electrons. The van der Waals surface area contributed by atoms with Gasteiger partial charge >= 0.3 is 0 Å². The summed E-state index contributed by atoms with van der Waals surface area (Å²) in [6, 6.07) is 1.88. The highest BCUT2D eigenvalue weighted by Gasteiger charge is 2.53. The molecule has 0 spiro atoms. The maximum Gasteiger partial charge on any atom is 0.249 e. The van der Waals surface area contributed by atoms with E-state index in [0.29, 0.717) is 25.3 Å². The molecule has 4 rings (SSSR count). The zero-order valence-corrected chi connectivity index (χ0v) is 15.3. The van der Waals surface area contributed by atoms with Gasteiger partial charge in [0, 0.05) is 19.0 Å². The van der Waals surface area contributed by atoms with Crippen LogP contribution < -0.4 is 10.5 Å². The largest absolute Gasteiger partial charge is 0.331 e. The van der Waals surface area contributed by atoms with Gasteiger partial charge in [-0.05, 0) is 24.8 Å². The smallest absolute Gasteiger partial charge is 0.249 e. The first-order valence-electron chi connectivity index (χ1n) is 8.98. The zero-order chi connectivity index (χ0) is 18.5. The fourth-order valence-corrected chi connectivity index (χ4v) is 5.66. The van der Waals surface area contributed by atoms with Crippen molar-refractivity contribution in [3.05, 3.63) is 24.5 Å². The number of hydrogen-bond acceptors (Lipinski definition) is 5. The van der Waals surface area contributed by atoms with Crippen LogP contribution in [0.25, 0.3) is 0 Å². The van der Waals surface area contributed by atoms with Crippen LogP contribution in [0.15, 0.2) is 29.4 Å². The van der Waals surface area contributed by atoms with Crippen molar-refractivity contribution in [3.63, 3.8) is 0 Å². The predicted octanol–water partition coefficient (Wildman–Crippen LogP) is -0.579. The van der Waals surface area contributed by atoms with Crippen molar-refractivity contribution in [2.45, 2.75) is 49.1 Å². The molecule has 140 valence electrons. The van der Waals surface area contributed by atoms with Crippen LogP contribution in [0.3, 0.4) is 0 Å². The molecule has 8 nitrogen and oxygen atoms in total. The Labute approximate surface area is 152 Å². The van der Waals surface area contributed by atoms with Crippen molar-refractivity contribution in [2.24, 2.45) is 5.92 Å². The van der Waals surface area contributed by atoms with Crippen LogP contribution in [-0.2, 0) is 19.6 Å². The number of rotatable bonds is 5. The number of carbonyl (C=O) groups excluding carboxylic acids is 2. The molecule has 3 fully saturated rings. The third kappa shape index (κ3) is 2.99. The Kier molecular flexibility index (Phi) is 4.23. The van der Waals surface area contributed by atoms with Crippen molar-refractivity contribution < 1.29 is 22.7 Å². The van der Waals surface area contributed by atoms with E-state index >= 15 is 0 Å². The molecule has 3 heterocycles. The number of carbonyl (C=O) groups is 2. The summed E-state index contributed by atoms with van der Waals surface area (Å²) in [5, 5.41) is 0. The van der Waals surface area contributed by atoms with E-state index in [-0.39, 0.29) is 23.1 Å². The Balaban J connectivity index is 1.54. The molecule has 2 unspecified atom stereocenters. The number of likely N-dealkylation sites (tertiary alicyclic amines) is 1. The van der Waals surface area contributed by atoms with Gasteiger partial charge in [0.1, 0.15) is 10.9 Å². The van der Waals surface area contributed by atoms with E-state index in [0.717, 1.165) is 6.42 Å². The highest BCUT2D eigenvalue weighted by atomic mass is 32.2. The topological polar surface area (TPSA) is 105 Å². The molecule has 1 amide bonds. The van der Waals surface area contributed by atoms with Crippen molar-refractivity contribution in [3.8, 4) is 0 Å². The summed E-state index contributed by atoms with van der Waals surface area (Å²) in [5.41, 5.74) is 0. The molecule has 26 heavy (non-hydrogen) atoms. The van der Waals surface area contributed by atoms with E-state index in [9.17, 15) is 18.0 Å². The number of pyridine rings is 1. The second-order valence-electron chi connectivity index (χ2n) is 7.37. The standard InChI is InChI=1S/C17H23N4O4S/c18-19-8-1-2-13(10-19)26(24,25)21-11-15(22)17-14(21)7-9-20(17)16(23)6-5-12-3-4-12/h1-2,8,10,12,14,17H,3-7,9,11,18H2/q+1. The number of nitrogens with zero attached hydrogens (tertiary/aromatic N) is 3. The molecule has 2 N–H and O–H groups in total. The lowest BCUT2D eigenvalue weighted by Crippen LogP contribution is -2.45. The van der Waals surface area contributed by atoms with Crippen molar-refractivity contribution >= 4 is 21.7 Å². The minimum absolute atomic E-state index is 0.0310. The molecule has 2 atom stereocenters. The lowest BCUT2D eigenvalue weighted by molar-refractivity contribution is -0.641. The normalized spacial score (nSPS) is 26.3. The van der Waals surface area contributed by atoms with E-state index in [1.807, 2.05) is 0 Å². The van der Waals surface area contributed by atoms with E-state index in [4.69, 9.17) is 5.84 Å². The van der Waals surface area contributed by atoms with Gasteiger partial charge in [0.2, 0.25) is 22.1 Å². The van der Waals surface area contributed by atoms with E-state index in [1.54, 1.807) is 11.0 Å². The van der Waals surface area contributed by atoms with Gasteiger partial charge in [-0.1, -0.05) is 17.5 Å². The zero-order valence-electron chi connectivity index (χ0n) is 14.5. The van der Waals surface area contributed by atoms with Crippen LogP contribution in [0.5, 0.6) is 0 Å². The first-order chi connectivity index (χ1) is 12.4. The summed E-state index contributed by atoms with van der Waals surface area (Å²) < 4.78 is 28.4. The predicted molar refractivity (Wildman–Crippen MR) is 91.6 cm³/mol. The monoisotopic (exact) mass is 379 g/mol. The lowest BCUT2D eigenvalue weighted by Gasteiger charge is -2.24. The summed E-state index contributed by atoms with van der Waals surface area (Å²) in [6.07, 6.45) is 7.02. The van der Waals surface area contributed by atoms with Gasteiger partial charge < -0.3 is 4.90 Å². The third-order valence-electron chi connectivity index (χ3n) is 5.56. The van der Waals surface area contributed by atoms with E-state index in [2.05, 4.69) is 0 Å². The van der Waals surface area contributed by atoms with Gasteiger partial charge in [-0.3, -0.25) is 9.59 Å². The van der Waals surface area contributed by atoms with Gasteiger partial charge in [0.25, 0.3) is 0 Å². The highest BCUT2D eigenvalue weighted by molar-refractivity contribution is 7.89. The van der Waals surface area contributed by atoms with Crippen LogP contribution in [-0.4, -0.2) is 54.5 Å². The SMILES string of the molecule is N[n+]1cccc(S(=O)(=O)N2CC(=O)C3C2CCN3C(=O)CCC2CC2)c1. The highest BCUT2D eigenvalue weighted by Crippen LogP contribution is 2.36. The molecule has 3 aliphatic rings. The number of amides is 1. The van der Waals surface area contributed by atoms with Gasteiger partial charge in [-0.25, -0.2) is 14.3 Å². The lowest BCUT2D eigenvalue weighted by atomic mass is 10.1. The summed E-state index contributed by atoms with van der Waals surface area (Å²) >= 11 is 0. The fourth-order valence-electron chi connectivity index (χ4n) is 4.01.